The Labute approximate surface area is 192 Å². The summed E-state index contributed by atoms with van der Waals surface area (Å²) in [4.78, 5) is 27.0. The van der Waals surface area contributed by atoms with Crippen LogP contribution in [0.4, 0.5) is 5.69 Å². The monoisotopic (exact) mass is 509 g/mol. The van der Waals surface area contributed by atoms with E-state index >= 15 is 0 Å². The number of nitrogens with one attached hydrogen (secondary N) is 1. The predicted octanol–water partition coefficient (Wildman–Crippen LogP) is 3.00. The van der Waals surface area contributed by atoms with Gasteiger partial charge in [-0.15, -0.1) is 0 Å². The molecule has 168 valence electrons. The topological polar surface area (TPSA) is 86.8 Å². The van der Waals surface area contributed by atoms with Gasteiger partial charge in [0.1, 0.15) is 12.6 Å². The molecule has 1 atom stereocenters. The van der Waals surface area contributed by atoms with Gasteiger partial charge in [0.15, 0.2) is 0 Å². The molecular formula is C22H28BrN3O4S. The van der Waals surface area contributed by atoms with Crippen LogP contribution in [0, 0.1) is 13.8 Å². The Morgan fingerprint density at radius 2 is 1.71 bits per heavy atom. The van der Waals surface area contributed by atoms with E-state index in [0.717, 1.165) is 31.7 Å². The van der Waals surface area contributed by atoms with Gasteiger partial charge in [-0.25, -0.2) is 8.42 Å². The third kappa shape index (κ3) is 6.80. The van der Waals surface area contributed by atoms with E-state index in [0.29, 0.717) is 5.69 Å². The summed E-state index contributed by atoms with van der Waals surface area (Å²) in [6.45, 7) is 5.11. The van der Waals surface area contributed by atoms with Gasteiger partial charge in [0, 0.05) is 18.1 Å². The number of likely N-dealkylation sites (N-methyl/N-ethyl adjacent to an activating group) is 1. The molecule has 2 amide bonds. The number of hydrogen-bond donors (Lipinski definition) is 1. The van der Waals surface area contributed by atoms with Gasteiger partial charge in [-0.3, -0.25) is 13.9 Å². The third-order valence-corrected chi connectivity index (χ3v) is 6.46. The number of carbonyl (C=O) groups excluding carboxylic acids is 2. The normalized spacial score (nSPS) is 12.2. The van der Waals surface area contributed by atoms with E-state index in [1.807, 2.05) is 44.2 Å². The van der Waals surface area contributed by atoms with Crippen molar-refractivity contribution < 1.29 is 18.0 Å². The van der Waals surface area contributed by atoms with Crippen LogP contribution < -0.4 is 9.62 Å². The quantitative estimate of drug-likeness (QED) is 0.592. The molecule has 0 saturated carbocycles. The lowest BCUT2D eigenvalue weighted by atomic mass is 10.1. The number of anilines is 1. The molecule has 0 aromatic heterocycles. The maximum atomic E-state index is 13.3. The molecule has 0 aliphatic rings. The third-order valence-electron chi connectivity index (χ3n) is 4.83. The highest BCUT2D eigenvalue weighted by atomic mass is 79.9. The van der Waals surface area contributed by atoms with Crippen molar-refractivity contribution in [1.82, 2.24) is 10.2 Å². The maximum Gasteiger partial charge on any atom is 0.244 e. The molecule has 0 saturated heterocycles. The molecule has 0 fully saturated rings. The highest BCUT2D eigenvalue weighted by Gasteiger charge is 2.29. The van der Waals surface area contributed by atoms with Crippen molar-refractivity contribution in [3.8, 4) is 0 Å². The molecule has 0 aliphatic heterocycles. The zero-order valence-corrected chi connectivity index (χ0v) is 20.7. The second-order valence-electron chi connectivity index (χ2n) is 7.56. The number of sulfonamides is 1. The Hall–Kier alpha value is -2.39. The number of carbonyl (C=O) groups is 2. The van der Waals surface area contributed by atoms with Gasteiger partial charge >= 0.3 is 0 Å². The second kappa shape index (κ2) is 10.3. The highest BCUT2D eigenvalue weighted by molar-refractivity contribution is 9.10. The number of amides is 2. The first kappa shape index (κ1) is 24.9. The minimum atomic E-state index is -3.73. The first-order chi connectivity index (χ1) is 14.4. The summed E-state index contributed by atoms with van der Waals surface area (Å²) in [5.74, 6) is -0.804. The molecule has 0 spiro atoms. The lowest BCUT2D eigenvalue weighted by molar-refractivity contribution is -0.139. The minimum absolute atomic E-state index is 0.164. The Balaban J connectivity index is 2.42. The van der Waals surface area contributed by atoms with Crippen molar-refractivity contribution in [2.45, 2.75) is 33.4 Å². The van der Waals surface area contributed by atoms with E-state index < -0.39 is 28.5 Å². The summed E-state index contributed by atoms with van der Waals surface area (Å²) in [6.07, 6.45) is 1.07. The van der Waals surface area contributed by atoms with Crippen LogP contribution in [-0.2, 0) is 26.2 Å². The summed E-state index contributed by atoms with van der Waals surface area (Å²) < 4.78 is 27.0. The fourth-order valence-corrected chi connectivity index (χ4v) is 4.61. The van der Waals surface area contributed by atoms with E-state index in [-0.39, 0.29) is 12.5 Å². The minimum Gasteiger partial charge on any atom is -0.357 e. The summed E-state index contributed by atoms with van der Waals surface area (Å²) in [5, 5.41) is 2.55. The summed E-state index contributed by atoms with van der Waals surface area (Å²) in [6, 6.07) is 12.0. The second-order valence-corrected chi connectivity index (χ2v) is 10.4. The summed E-state index contributed by atoms with van der Waals surface area (Å²) in [7, 11) is -2.23. The van der Waals surface area contributed by atoms with E-state index in [4.69, 9.17) is 0 Å². The van der Waals surface area contributed by atoms with Gasteiger partial charge in [-0.2, -0.15) is 0 Å². The van der Waals surface area contributed by atoms with Crippen LogP contribution in [-0.4, -0.2) is 51.0 Å². The molecule has 0 unspecified atom stereocenters. The van der Waals surface area contributed by atoms with Crippen LogP contribution >= 0.6 is 15.9 Å². The largest absolute Gasteiger partial charge is 0.357 e. The smallest absolute Gasteiger partial charge is 0.244 e. The van der Waals surface area contributed by atoms with Gasteiger partial charge < -0.3 is 10.2 Å². The number of hydrogen-bond acceptors (Lipinski definition) is 4. The zero-order valence-electron chi connectivity index (χ0n) is 18.3. The lowest BCUT2D eigenvalue weighted by Gasteiger charge is -2.31. The Morgan fingerprint density at radius 3 is 2.23 bits per heavy atom. The van der Waals surface area contributed by atoms with Crippen molar-refractivity contribution in [2.24, 2.45) is 0 Å². The standard InChI is InChI=1S/C22H28BrN3O4S/c1-15-9-16(2)11-20(10-15)26(31(5,29)30)14-21(27)25(17(3)22(28)24-4)13-18-7-6-8-19(23)12-18/h6-12,17H,13-14H2,1-5H3,(H,24,28)/t17-/m0/s1. The highest BCUT2D eigenvalue weighted by Crippen LogP contribution is 2.22. The van der Waals surface area contributed by atoms with E-state index in [1.165, 1.54) is 11.9 Å². The molecule has 0 bridgehead atoms. The van der Waals surface area contributed by atoms with Crippen LogP contribution in [0.1, 0.15) is 23.6 Å². The van der Waals surface area contributed by atoms with Crippen LogP contribution in [0.2, 0.25) is 0 Å². The maximum absolute atomic E-state index is 13.3. The molecule has 31 heavy (non-hydrogen) atoms. The number of aryl methyl sites for hydroxylation is 2. The molecule has 2 aromatic rings. The molecule has 2 rings (SSSR count). The van der Waals surface area contributed by atoms with Crippen LogP contribution in [0.5, 0.6) is 0 Å². The summed E-state index contributed by atoms with van der Waals surface area (Å²) in [5.41, 5.74) is 3.01. The van der Waals surface area contributed by atoms with Crippen LogP contribution in [0.15, 0.2) is 46.9 Å². The fraction of sp³-hybridized carbons (Fsp3) is 0.364. The van der Waals surface area contributed by atoms with Crippen molar-refractivity contribution in [3.63, 3.8) is 0 Å². The van der Waals surface area contributed by atoms with Crippen molar-refractivity contribution >= 4 is 43.5 Å². The predicted molar refractivity (Wildman–Crippen MR) is 126 cm³/mol. The first-order valence-corrected chi connectivity index (χ1v) is 12.4. The van der Waals surface area contributed by atoms with Gasteiger partial charge in [-0.1, -0.05) is 34.1 Å². The SMILES string of the molecule is CNC(=O)[C@H](C)N(Cc1cccc(Br)c1)C(=O)CN(c1cc(C)cc(C)c1)S(C)(=O)=O. The fourth-order valence-electron chi connectivity index (χ4n) is 3.33. The molecular weight excluding hydrogens is 482 g/mol. The Bertz CT molecular complexity index is 1050. The Kier molecular flexibility index (Phi) is 8.25. The van der Waals surface area contributed by atoms with E-state index in [9.17, 15) is 18.0 Å². The van der Waals surface area contributed by atoms with Gasteiger partial charge in [0.2, 0.25) is 21.8 Å². The molecule has 0 aliphatic carbocycles. The average Bonchev–Trinajstić information content (AvgIpc) is 2.67. The van der Waals surface area contributed by atoms with Crippen molar-refractivity contribution in [2.75, 3.05) is 24.2 Å². The molecule has 9 heteroatoms. The number of rotatable bonds is 8. The molecule has 0 heterocycles. The number of halogens is 1. The molecule has 2 aromatic carbocycles. The first-order valence-electron chi connectivity index (χ1n) is 9.74. The van der Waals surface area contributed by atoms with Crippen molar-refractivity contribution in [1.29, 1.82) is 0 Å². The zero-order chi connectivity index (χ0) is 23.3. The van der Waals surface area contributed by atoms with E-state index in [1.54, 1.807) is 19.1 Å². The number of benzene rings is 2. The van der Waals surface area contributed by atoms with E-state index in [2.05, 4.69) is 21.2 Å². The molecule has 1 N–H and O–H groups in total. The van der Waals surface area contributed by atoms with Gasteiger partial charge in [-0.05, 0) is 61.7 Å². The van der Waals surface area contributed by atoms with Gasteiger partial charge in [0.25, 0.3) is 0 Å². The van der Waals surface area contributed by atoms with Crippen LogP contribution in [0.25, 0.3) is 0 Å². The molecule has 0 radical (unpaired) electrons. The summed E-state index contributed by atoms with van der Waals surface area (Å²) >= 11 is 3.41. The van der Waals surface area contributed by atoms with Crippen molar-refractivity contribution in [3.05, 3.63) is 63.6 Å². The average molecular weight is 510 g/mol. The van der Waals surface area contributed by atoms with Crippen LogP contribution in [0.3, 0.4) is 0 Å². The lowest BCUT2D eigenvalue weighted by Crippen LogP contribution is -2.50. The number of nitrogens with zero attached hydrogens (tertiary/aromatic N) is 2. The Morgan fingerprint density at radius 1 is 1.10 bits per heavy atom. The molecule has 7 nitrogen and oxygen atoms in total. The van der Waals surface area contributed by atoms with Gasteiger partial charge in [0.05, 0.1) is 11.9 Å².